The molecule has 1 heteroatoms. The number of piperidine rings is 1. The largest absolute Gasteiger partial charge is 0.309 e. The van der Waals surface area contributed by atoms with Crippen molar-refractivity contribution in [2.75, 3.05) is 6.54 Å². The van der Waals surface area contributed by atoms with Crippen LogP contribution in [-0.4, -0.2) is 6.54 Å². The summed E-state index contributed by atoms with van der Waals surface area (Å²) in [5.74, 6) is 1.06. The normalized spacial score (nSPS) is 38.2. The van der Waals surface area contributed by atoms with E-state index in [2.05, 4.69) is 5.32 Å². The molecule has 1 saturated carbocycles. The monoisotopic (exact) mass is 110 g/mol. The van der Waals surface area contributed by atoms with Crippen LogP contribution in [0.5, 0.6) is 0 Å². The summed E-state index contributed by atoms with van der Waals surface area (Å²) in [6.07, 6.45) is 5.64. The van der Waals surface area contributed by atoms with Gasteiger partial charge in [-0.3, -0.25) is 0 Å². The second-order valence-electron chi connectivity index (χ2n) is 2.93. The van der Waals surface area contributed by atoms with Gasteiger partial charge in [0.25, 0.3) is 0 Å². The Labute approximate surface area is 50.5 Å². The van der Waals surface area contributed by atoms with Gasteiger partial charge in [-0.2, -0.15) is 0 Å². The number of fused-ring (bicyclic) bond motifs is 2. The Bertz CT molecular complexity index is 76.4. The summed E-state index contributed by atoms with van der Waals surface area (Å²) in [7, 11) is 0. The molecule has 8 heavy (non-hydrogen) atoms. The van der Waals surface area contributed by atoms with Crippen LogP contribution in [0.1, 0.15) is 25.7 Å². The smallest absolute Gasteiger partial charge is 0.0366 e. The van der Waals surface area contributed by atoms with E-state index in [4.69, 9.17) is 0 Å². The molecule has 1 N–H and O–H groups in total. The van der Waals surface area contributed by atoms with Crippen LogP contribution in [0.15, 0.2) is 0 Å². The predicted molar refractivity (Wildman–Crippen MR) is 33.2 cm³/mol. The van der Waals surface area contributed by atoms with Crippen molar-refractivity contribution >= 4 is 0 Å². The van der Waals surface area contributed by atoms with Crippen LogP contribution >= 0.6 is 0 Å². The molecule has 0 aromatic carbocycles. The lowest BCUT2D eigenvalue weighted by atomic mass is 10.0. The van der Waals surface area contributed by atoms with Crippen molar-refractivity contribution in [3.8, 4) is 0 Å². The van der Waals surface area contributed by atoms with E-state index in [1.807, 2.05) is 0 Å². The van der Waals surface area contributed by atoms with Crippen LogP contribution in [0.25, 0.3) is 0 Å². The van der Waals surface area contributed by atoms with E-state index in [9.17, 15) is 0 Å². The molecule has 45 valence electrons. The lowest BCUT2D eigenvalue weighted by Crippen LogP contribution is -2.25. The molecular weight excluding hydrogens is 98.1 g/mol. The van der Waals surface area contributed by atoms with E-state index in [0.717, 1.165) is 5.92 Å². The van der Waals surface area contributed by atoms with Crippen molar-refractivity contribution in [1.82, 2.24) is 5.32 Å². The topological polar surface area (TPSA) is 12.0 Å². The third-order valence-corrected chi connectivity index (χ3v) is 2.32. The third kappa shape index (κ3) is 0.655. The molecule has 1 atom stereocenters. The molecule has 1 aliphatic carbocycles. The van der Waals surface area contributed by atoms with Gasteiger partial charge in [0.15, 0.2) is 0 Å². The van der Waals surface area contributed by atoms with E-state index in [0.29, 0.717) is 0 Å². The van der Waals surface area contributed by atoms with Gasteiger partial charge in [0, 0.05) is 6.04 Å². The zero-order valence-electron chi connectivity index (χ0n) is 5.11. The summed E-state index contributed by atoms with van der Waals surface area (Å²) < 4.78 is 0. The van der Waals surface area contributed by atoms with E-state index in [1.54, 1.807) is 6.04 Å². The molecule has 0 aromatic heterocycles. The maximum Gasteiger partial charge on any atom is 0.0366 e. The fraction of sp³-hybridized carbons (Fsp3) is 0.857. The Morgan fingerprint density at radius 3 is 3.12 bits per heavy atom. The summed E-state index contributed by atoms with van der Waals surface area (Å²) in [6, 6.07) is 1.63. The maximum absolute atomic E-state index is 3.43. The summed E-state index contributed by atoms with van der Waals surface area (Å²) in [4.78, 5) is 0. The molecule has 1 saturated heterocycles. The highest BCUT2D eigenvalue weighted by atomic mass is 14.9. The minimum atomic E-state index is 1.06. The summed E-state index contributed by atoms with van der Waals surface area (Å²) >= 11 is 0. The van der Waals surface area contributed by atoms with Crippen LogP contribution in [-0.2, 0) is 0 Å². The first-order chi connectivity index (χ1) is 3.95. The molecule has 2 bridgehead atoms. The molecular formula is C7H12N. The lowest BCUT2D eigenvalue weighted by Gasteiger charge is -2.18. The first-order valence-electron chi connectivity index (χ1n) is 3.54. The van der Waals surface area contributed by atoms with Crippen LogP contribution < -0.4 is 5.32 Å². The highest BCUT2D eigenvalue weighted by molar-refractivity contribution is 4.99. The van der Waals surface area contributed by atoms with Gasteiger partial charge in [0.1, 0.15) is 0 Å². The minimum absolute atomic E-state index is 1.06. The SMILES string of the molecule is C1CC2CC[C](C2)N1. The Morgan fingerprint density at radius 2 is 2.38 bits per heavy atom. The molecule has 1 radical (unpaired) electrons. The van der Waals surface area contributed by atoms with Crippen molar-refractivity contribution in [2.24, 2.45) is 5.92 Å². The van der Waals surface area contributed by atoms with Gasteiger partial charge in [0.05, 0.1) is 0 Å². The van der Waals surface area contributed by atoms with E-state index < -0.39 is 0 Å². The average Bonchev–Trinajstić information content (AvgIpc) is 2.12. The number of nitrogens with one attached hydrogen (secondary N) is 1. The van der Waals surface area contributed by atoms with Gasteiger partial charge in [-0.15, -0.1) is 0 Å². The minimum Gasteiger partial charge on any atom is -0.309 e. The molecule has 0 spiro atoms. The number of hydrogen-bond acceptors (Lipinski definition) is 1. The Morgan fingerprint density at radius 1 is 1.38 bits per heavy atom. The predicted octanol–water partition coefficient (Wildman–Crippen LogP) is 1.31. The molecule has 1 heterocycles. The Hall–Kier alpha value is -0.0400. The van der Waals surface area contributed by atoms with Crippen molar-refractivity contribution in [3.05, 3.63) is 6.04 Å². The van der Waals surface area contributed by atoms with Crippen LogP contribution in [0.3, 0.4) is 0 Å². The quantitative estimate of drug-likeness (QED) is 0.495. The van der Waals surface area contributed by atoms with Crippen LogP contribution in [0.4, 0.5) is 0 Å². The van der Waals surface area contributed by atoms with Gasteiger partial charge < -0.3 is 5.32 Å². The second kappa shape index (κ2) is 1.73. The van der Waals surface area contributed by atoms with Crippen LogP contribution in [0, 0.1) is 12.0 Å². The summed E-state index contributed by atoms with van der Waals surface area (Å²) in [5, 5.41) is 3.43. The first-order valence-corrected chi connectivity index (χ1v) is 3.54. The Kier molecular flexibility index (Phi) is 1.04. The standard InChI is InChI=1S/C7H12N/c1-2-7-5-6(1)3-4-8-7/h6,8H,1-5H2. The molecule has 1 nitrogen and oxygen atoms in total. The summed E-state index contributed by atoms with van der Waals surface area (Å²) in [6.45, 7) is 1.25. The number of rotatable bonds is 0. The highest BCUT2D eigenvalue weighted by Crippen LogP contribution is 2.35. The summed E-state index contributed by atoms with van der Waals surface area (Å²) in [5.41, 5.74) is 0. The molecule has 0 aromatic rings. The van der Waals surface area contributed by atoms with Gasteiger partial charge in [-0.05, 0) is 38.1 Å². The zero-order valence-corrected chi connectivity index (χ0v) is 5.11. The molecule has 1 unspecified atom stereocenters. The van der Waals surface area contributed by atoms with Gasteiger partial charge in [0.2, 0.25) is 0 Å². The molecule has 1 aliphatic heterocycles. The van der Waals surface area contributed by atoms with Gasteiger partial charge >= 0.3 is 0 Å². The second-order valence-corrected chi connectivity index (χ2v) is 2.93. The Balaban J connectivity index is 2.03. The maximum atomic E-state index is 3.43. The molecule has 0 amide bonds. The van der Waals surface area contributed by atoms with Gasteiger partial charge in [-0.1, -0.05) is 0 Å². The highest BCUT2D eigenvalue weighted by Gasteiger charge is 2.28. The molecule has 2 fully saturated rings. The van der Waals surface area contributed by atoms with E-state index in [1.165, 1.54) is 32.2 Å². The third-order valence-electron chi connectivity index (χ3n) is 2.32. The van der Waals surface area contributed by atoms with E-state index in [-0.39, 0.29) is 0 Å². The van der Waals surface area contributed by atoms with Crippen LogP contribution in [0.2, 0.25) is 0 Å². The van der Waals surface area contributed by atoms with Gasteiger partial charge in [-0.25, -0.2) is 0 Å². The van der Waals surface area contributed by atoms with Crippen molar-refractivity contribution in [2.45, 2.75) is 25.7 Å². The molecule has 2 aliphatic rings. The molecule has 2 rings (SSSR count). The van der Waals surface area contributed by atoms with Crippen molar-refractivity contribution in [3.63, 3.8) is 0 Å². The lowest BCUT2D eigenvalue weighted by molar-refractivity contribution is 0.444. The number of hydrogen-bond donors (Lipinski definition) is 1. The fourth-order valence-corrected chi connectivity index (χ4v) is 1.79. The van der Waals surface area contributed by atoms with Crippen molar-refractivity contribution < 1.29 is 0 Å². The fourth-order valence-electron chi connectivity index (χ4n) is 1.79. The van der Waals surface area contributed by atoms with Crippen molar-refractivity contribution in [1.29, 1.82) is 0 Å². The first kappa shape index (κ1) is 4.80. The zero-order chi connectivity index (χ0) is 5.40. The average molecular weight is 110 g/mol. The van der Waals surface area contributed by atoms with E-state index >= 15 is 0 Å².